The van der Waals surface area contributed by atoms with Crippen LogP contribution in [-0.2, 0) is 13.1 Å². The molecule has 0 amide bonds. The Balaban J connectivity index is 1.67. The van der Waals surface area contributed by atoms with Gasteiger partial charge in [-0.3, -0.25) is 9.58 Å². The normalized spacial score (nSPS) is 29.5. The number of rotatable bonds is 3. The molecule has 0 radical (unpaired) electrons. The van der Waals surface area contributed by atoms with Gasteiger partial charge in [0, 0.05) is 37.4 Å². The van der Waals surface area contributed by atoms with Crippen molar-refractivity contribution < 1.29 is 0 Å². The Morgan fingerprint density at radius 3 is 3.24 bits per heavy atom. The van der Waals surface area contributed by atoms with Crippen molar-refractivity contribution in [2.45, 2.75) is 38.9 Å². The lowest BCUT2D eigenvalue weighted by molar-refractivity contribution is 0.117. The van der Waals surface area contributed by atoms with Gasteiger partial charge in [0.1, 0.15) is 0 Å². The first kappa shape index (κ1) is 11.2. The van der Waals surface area contributed by atoms with E-state index in [2.05, 4.69) is 28.4 Å². The van der Waals surface area contributed by atoms with Crippen LogP contribution in [0, 0.1) is 5.92 Å². The quantitative estimate of drug-likeness (QED) is 0.850. The third-order valence-corrected chi connectivity index (χ3v) is 4.19. The van der Waals surface area contributed by atoms with E-state index in [1.807, 2.05) is 10.9 Å². The smallest absolute Gasteiger partial charge is 0.0534 e. The lowest BCUT2D eigenvalue weighted by atomic mass is 9.92. The van der Waals surface area contributed by atoms with Gasteiger partial charge in [0.25, 0.3) is 0 Å². The number of piperidine rings is 1. The van der Waals surface area contributed by atoms with Gasteiger partial charge in [-0.2, -0.15) is 5.10 Å². The molecule has 4 heteroatoms. The number of aromatic nitrogens is 2. The van der Waals surface area contributed by atoms with Crippen molar-refractivity contribution >= 4 is 0 Å². The average molecular weight is 234 g/mol. The minimum atomic E-state index is 0.758. The Labute approximate surface area is 103 Å². The molecule has 1 aromatic heterocycles. The summed E-state index contributed by atoms with van der Waals surface area (Å²) in [6.45, 7) is 7.81. The van der Waals surface area contributed by atoms with Gasteiger partial charge in [0.15, 0.2) is 0 Å². The highest BCUT2D eigenvalue weighted by atomic mass is 15.3. The fraction of sp³-hybridized carbons (Fsp3) is 0.769. The van der Waals surface area contributed by atoms with Crippen molar-refractivity contribution in [1.29, 1.82) is 0 Å². The van der Waals surface area contributed by atoms with Gasteiger partial charge in [-0.05, 0) is 38.8 Å². The number of hydrogen-bond donors (Lipinski definition) is 1. The van der Waals surface area contributed by atoms with Crippen LogP contribution in [0.25, 0.3) is 0 Å². The molecule has 1 aromatic rings. The molecule has 0 bridgehead atoms. The first-order valence-corrected chi connectivity index (χ1v) is 6.83. The van der Waals surface area contributed by atoms with Crippen LogP contribution in [0.1, 0.15) is 25.3 Å². The van der Waals surface area contributed by atoms with Crippen LogP contribution in [0.4, 0.5) is 0 Å². The van der Waals surface area contributed by atoms with Gasteiger partial charge >= 0.3 is 0 Å². The summed E-state index contributed by atoms with van der Waals surface area (Å²) in [4.78, 5) is 2.64. The van der Waals surface area contributed by atoms with E-state index >= 15 is 0 Å². The molecule has 0 aliphatic carbocycles. The first-order valence-electron chi connectivity index (χ1n) is 6.83. The van der Waals surface area contributed by atoms with Gasteiger partial charge in [0.05, 0.1) is 6.20 Å². The number of hydrogen-bond acceptors (Lipinski definition) is 3. The molecule has 0 spiro atoms. The molecule has 2 saturated heterocycles. The molecule has 3 rings (SSSR count). The lowest BCUT2D eigenvalue weighted by Crippen LogP contribution is -2.44. The fourth-order valence-corrected chi connectivity index (χ4v) is 3.26. The van der Waals surface area contributed by atoms with Crippen LogP contribution in [-0.4, -0.2) is 40.4 Å². The molecule has 0 aromatic carbocycles. The van der Waals surface area contributed by atoms with Crippen molar-refractivity contribution in [3.8, 4) is 0 Å². The van der Waals surface area contributed by atoms with E-state index in [0.29, 0.717) is 0 Å². The van der Waals surface area contributed by atoms with Crippen LogP contribution in [0.3, 0.4) is 0 Å². The standard InChI is InChI=1S/C13H22N4/c1-2-17-10-11(6-15-17)9-16-5-3-4-12-7-14-8-13(12)16/h6,10,12-14H,2-5,7-9H2,1H3. The Morgan fingerprint density at radius 2 is 2.41 bits per heavy atom. The minimum absolute atomic E-state index is 0.758. The number of aryl methyl sites for hydroxylation is 1. The second kappa shape index (κ2) is 4.78. The van der Waals surface area contributed by atoms with E-state index in [4.69, 9.17) is 0 Å². The monoisotopic (exact) mass is 234 g/mol. The summed E-state index contributed by atoms with van der Waals surface area (Å²) in [5.41, 5.74) is 1.36. The molecule has 2 aliphatic rings. The topological polar surface area (TPSA) is 33.1 Å². The summed E-state index contributed by atoms with van der Waals surface area (Å²) >= 11 is 0. The van der Waals surface area contributed by atoms with Crippen LogP contribution < -0.4 is 5.32 Å². The molecule has 17 heavy (non-hydrogen) atoms. The van der Waals surface area contributed by atoms with Crippen molar-refractivity contribution in [3.63, 3.8) is 0 Å². The molecule has 3 heterocycles. The Bertz CT molecular complexity index is 373. The molecule has 94 valence electrons. The van der Waals surface area contributed by atoms with Gasteiger partial charge in [-0.1, -0.05) is 0 Å². The van der Waals surface area contributed by atoms with E-state index in [-0.39, 0.29) is 0 Å². The van der Waals surface area contributed by atoms with Gasteiger partial charge < -0.3 is 5.32 Å². The summed E-state index contributed by atoms with van der Waals surface area (Å²) in [5, 5.41) is 7.89. The predicted octanol–water partition coefficient (Wildman–Crippen LogP) is 1.09. The Kier molecular flexibility index (Phi) is 3.16. The zero-order chi connectivity index (χ0) is 11.7. The fourth-order valence-electron chi connectivity index (χ4n) is 3.26. The van der Waals surface area contributed by atoms with Crippen molar-refractivity contribution in [2.75, 3.05) is 19.6 Å². The molecule has 2 aliphatic heterocycles. The summed E-state index contributed by atoms with van der Waals surface area (Å²) in [5.74, 6) is 0.880. The van der Waals surface area contributed by atoms with E-state index in [1.54, 1.807) is 0 Å². The molecule has 2 atom stereocenters. The zero-order valence-electron chi connectivity index (χ0n) is 10.6. The van der Waals surface area contributed by atoms with Gasteiger partial charge in [-0.15, -0.1) is 0 Å². The van der Waals surface area contributed by atoms with Crippen molar-refractivity contribution in [1.82, 2.24) is 20.0 Å². The summed E-state index contributed by atoms with van der Waals surface area (Å²) < 4.78 is 2.02. The number of fused-ring (bicyclic) bond motifs is 1. The van der Waals surface area contributed by atoms with Gasteiger partial charge in [-0.25, -0.2) is 0 Å². The van der Waals surface area contributed by atoms with Crippen LogP contribution in [0.15, 0.2) is 12.4 Å². The molecular formula is C13H22N4. The second-order valence-corrected chi connectivity index (χ2v) is 5.30. The van der Waals surface area contributed by atoms with E-state index in [1.165, 1.54) is 38.0 Å². The summed E-state index contributed by atoms with van der Waals surface area (Å²) in [7, 11) is 0. The van der Waals surface area contributed by atoms with E-state index in [9.17, 15) is 0 Å². The van der Waals surface area contributed by atoms with Crippen molar-refractivity contribution in [2.24, 2.45) is 5.92 Å². The second-order valence-electron chi connectivity index (χ2n) is 5.30. The predicted molar refractivity (Wildman–Crippen MR) is 67.7 cm³/mol. The largest absolute Gasteiger partial charge is 0.315 e. The summed E-state index contributed by atoms with van der Waals surface area (Å²) in [6, 6.07) is 0.758. The highest BCUT2D eigenvalue weighted by Crippen LogP contribution is 2.27. The van der Waals surface area contributed by atoms with Crippen LogP contribution in [0.2, 0.25) is 0 Å². The molecule has 2 unspecified atom stereocenters. The molecule has 1 N–H and O–H groups in total. The molecule has 0 saturated carbocycles. The number of likely N-dealkylation sites (tertiary alicyclic amines) is 1. The molecule has 4 nitrogen and oxygen atoms in total. The highest BCUT2D eigenvalue weighted by Gasteiger charge is 2.34. The maximum Gasteiger partial charge on any atom is 0.0534 e. The number of nitrogens with one attached hydrogen (secondary N) is 1. The van der Waals surface area contributed by atoms with E-state index < -0.39 is 0 Å². The Morgan fingerprint density at radius 1 is 1.47 bits per heavy atom. The SMILES string of the molecule is CCn1cc(CN2CCCC3CNCC32)cn1. The van der Waals surface area contributed by atoms with Crippen LogP contribution >= 0.6 is 0 Å². The van der Waals surface area contributed by atoms with Crippen molar-refractivity contribution in [3.05, 3.63) is 18.0 Å². The highest BCUT2D eigenvalue weighted by molar-refractivity contribution is 5.05. The maximum absolute atomic E-state index is 4.36. The Hall–Kier alpha value is -0.870. The van der Waals surface area contributed by atoms with E-state index in [0.717, 1.165) is 25.0 Å². The maximum atomic E-state index is 4.36. The third-order valence-electron chi connectivity index (χ3n) is 4.19. The molecule has 2 fully saturated rings. The lowest BCUT2D eigenvalue weighted by Gasteiger charge is -2.36. The zero-order valence-corrected chi connectivity index (χ0v) is 10.6. The van der Waals surface area contributed by atoms with Crippen LogP contribution in [0.5, 0.6) is 0 Å². The summed E-state index contributed by atoms with van der Waals surface area (Å²) in [6.07, 6.45) is 6.97. The average Bonchev–Trinajstić information content (AvgIpc) is 2.97. The third kappa shape index (κ3) is 2.24. The van der Waals surface area contributed by atoms with Gasteiger partial charge in [0.2, 0.25) is 0 Å². The minimum Gasteiger partial charge on any atom is -0.315 e. The number of nitrogens with zero attached hydrogens (tertiary/aromatic N) is 3. The first-order chi connectivity index (χ1) is 8.36. The molecular weight excluding hydrogens is 212 g/mol.